The number of carbonyl (C=O) groups excluding carboxylic acids is 1. The second kappa shape index (κ2) is 11.5. The number of allylic oxidation sites excluding steroid dienone is 3. The summed E-state index contributed by atoms with van der Waals surface area (Å²) in [5, 5.41) is 3.48. The number of hydrogen-bond donors (Lipinski definition) is 2. The normalized spacial score (nSPS) is 12.7. The molecule has 1 amide bonds. The van der Waals surface area contributed by atoms with Crippen LogP contribution < -0.4 is 15.8 Å². The molecule has 1 atom stereocenters. The van der Waals surface area contributed by atoms with Gasteiger partial charge in [0.25, 0.3) is 0 Å². The minimum atomic E-state index is -0.510. The van der Waals surface area contributed by atoms with Gasteiger partial charge in [-0.25, -0.2) is 4.98 Å². The molecule has 0 radical (unpaired) electrons. The molecule has 2 rings (SSSR count). The molecule has 0 bridgehead atoms. The lowest BCUT2D eigenvalue weighted by atomic mass is 10.00. The van der Waals surface area contributed by atoms with Crippen molar-refractivity contribution in [3.8, 4) is 5.88 Å². The molecule has 0 saturated heterocycles. The number of hydrogen-bond acceptors (Lipinski definition) is 4. The standard InChI is InChI=1S/C23H27N3O2/c1-3-20(18(2)15-25-16-19-9-5-4-6-10-19)11-7-8-14-28-22-13-12-21(17-26-22)23(24)27/h3-6,8-14,17-18,25H,1,7,15-16H2,2H3,(H2,24,27)/b14-8+,20-11+. The van der Waals surface area contributed by atoms with Crippen LogP contribution in [0.5, 0.6) is 5.88 Å². The molecule has 146 valence electrons. The van der Waals surface area contributed by atoms with Crippen LogP contribution in [0, 0.1) is 5.92 Å². The summed E-state index contributed by atoms with van der Waals surface area (Å²) in [7, 11) is 0. The minimum Gasteiger partial charge on any atom is -0.447 e. The number of aromatic nitrogens is 1. The Morgan fingerprint density at radius 2 is 2.07 bits per heavy atom. The fourth-order valence-corrected chi connectivity index (χ4v) is 2.61. The Morgan fingerprint density at radius 1 is 1.29 bits per heavy atom. The maximum atomic E-state index is 11.0. The predicted octanol–water partition coefficient (Wildman–Crippen LogP) is 4.00. The van der Waals surface area contributed by atoms with E-state index in [2.05, 4.69) is 42.0 Å². The molecule has 0 aliphatic heterocycles. The summed E-state index contributed by atoms with van der Waals surface area (Å²) >= 11 is 0. The molecule has 0 aliphatic carbocycles. The van der Waals surface area contributed by atoms with Crippen molar-refractivity contribution in [3.05, 3.63) is 96.4 Å². The largest absolute Gasteiger partial charge is 0.447 e. The third kappa shape index (κ3) is 7.21. The molecule has 5 heteroatoms. The van der Waals surface area contributed by atoms with Crippen molar-refractivity contribution in [1.82, 2.24) is 10.3 Å². The van der Waals surface area contributed by atoms with Gasteiger partial charge in [0.05, 0.1) is 11.8 Å². The maximum absolute atomic E-state index is 11.0. The van der Waals surface area contributed by atoms with E-state index < -0.39 is 5.91 Å². The van der Waals surface area contributed by atoms with Gasteiger partial charge in [-0.15, -0.1) is 0 Å². The summed E-state index contributed by atoms with van der Waals surface area (Å²) in [5.74, 6) is 0.259. The summed E-state index contributed by atoms with van der Waals surface area (Å²) < 4.78 is 5.42. The number of primary amides is 1. The van der Waals surface area contributed by atoms with Crippen LogP contribution in [-0.2, 0) is 6.54 Å². The minimum absolute atomic E-state index is 0.352. The zero-order valence-electron chi connectivity index (χ0n) is 16.2. The summed E-state index contributed by atoms with van der Waals surface area (Å²) in [6, 6.07) is 13.5. The van der Waals surface area contributed by atoms with Crippen molar-refractivity contribution in [2.75, 3.05) is 6.54 Å². The topological polar surface area (TPSA) is 77.2 Å². The van der Waals surface area contributed by atoms with Crippen LogP contribution in [0.25, 0.3) is 0 Å². The van der Waals surface area contributed by atoms with E-state index >= 15 is 0 Å². The van der Waals surface area contributed by atoms with Gasteiger partial charge in [-0.2, -0.15) is 0 Å². The van der Waals surface area contributed by atoms with E-state index in [0.717, 1.165) is 19.5 Å². The molecule has 0 aliphatic rings. The Morgan fingerprint density at radius 3 is 2.71 bits per heavy atom. The van der Waals surface area contributed by atoms with Crippen LogP contribution in [0.2, 0.25) is 0 Å². The van der Waals surface area contributed by atoms with Gasteiger partial charge >= 0.3 is 0 Å². The van der Waals surface area contributed by atoms with E-state index in [1.165, 1.54) is 17.3 Å². The number of benzene rings is 1. The first-order chi connectivity index (χ1) is 13.6. The van der Waals surface area contributed by atoms with E-state index in [-0.39, 0.29) is 0 Å². The summed E-state index contributed by atoms with van der Waals surface area (Å²) in [6.45, 7) is 7.82. The van der Waals surface area contributed by atoms with E-state index in [1.807, 2.05) is 30.4 Å². The lowest BCUT2D eigenvalue weighted by Gasteiger charge is -2.14. The zero-order chi connectivity index (χ0) is 20.2. The van der Waals surface area contributed by atoms with Gasteiger partial charge in [0.15, 0.2) is 0 Å². The SMILES string of the molecule is C=C/C(=C\C/C=C/Oc1ccc(C(N)=O)cn1)C(C)CNCc1ccccc1. The average Bonchev–Trinajstić information content (AvgIpc) is 2.71. The predicted molar refractivity (Wildman–Crippen MR) is 113 cm³/mol. The fourth-order valence-electron chi connectivity index (χ4n) is 2.61. The van der Waals surface area contributed by atoms with Gasteiger partial charge in [0.1, 0.15) is 0 Å². The Balaban J connectivity index is 1.75. The average molecular weight is 377 g/mol. The first-order valence-electron chi connectivity index (χ1n) is 9.24. The Bertz CT molecular complexity index is 812. The van der Waals surface area contributed by atoms with Crippen molar-refractivity contribution < 1.29 is 9.53 Å². The molecule has 28 heavy (non-hydrogen) atoms. The summed E-state index contributed by atoms with van der Waals surface area (Å²) in [6.07, 6.45) is 9.63. The Hall–Kier alpha value is -3.18. The number of carbonyl (C=O) groups is 1. The number of ether oxygens (including phenoxy) is 1. The smallest absolute Gasteiger partial charge is 0.250 e. The van der Waals surface area contributed by atoms with Crippen LogP contribution in [-0.4, -0.2) is 17.4 Å². The fraction of sp³-hybridized carbons (Fsp3) is 0.217. The number of nitrogens with two attached hydrogens (primary N) is 1. The number of nitrogens with zero attached hydrogens (tertiary/aromatic N) is 1. The molecule has 1 aromatic carbocycles. The molecule has 1 heterocycles. The third-order valence-electron chi connectivity index (χ3n) is 4.22. The molecule has 3 N–H and O–H groups in total. The second-order valence-corrected chi connectivity index (χ2v) is 6.40. The van der Waals surface area contributed by atoms with Crippen molar-refractivity contribution in [3.63, 3.8) is 0 Å². The number of rotatable bonds is 11. The molecule has 1 unspecified atom stereocenters. The number of nitrogens with one attached hydrogen (secondary N) is 1. The second-order valence-electron chi connectivity index (χ2n) is 6.40. The van der Waals surface area contributed by atoms with E-state index in [9.17, 15) is 4.79 Å². The van der Waals surface area contributed by atoms with E-state index in [1.54, 1.807) is 18.4 Å². The van der Waals surface area contributed by atoms with Crippen LogP contribution in [0.4, 0.5) is 0 Å². The number of pyridine rings is 1. The molecule has 0 saturated carbocycles. The van der Waals surface area contributed by atoms with Crippen molar-refractivity contribution in [2.45, 2.75) is 19.9 Å². The highest BCUT2D eigenvalue weighted by Gasteiger charge is 2.05. The van der Waals surface area contributed by atoms with Crippen molar-refractivity contribution in [2.24, 2.45) is 11.7 Å². The Labute approximate surface area is 166 Å². The van der Waals surface area contributed by atoms with Crippen LogP contribution >= 0.6 is 0 Å². The highest BCUT2D eigenvalue weighted by Crippen LogP contribution is 2.13. The monoisotopic (exact) mass is 377 g/mol. The van der Waals surface area contributed by atoms with E-state index in [4.69, 9.17) is 10.5 Å². The highest BCUT2D eigenvalue weighted by atomic mass is 16.5. The molecule has 0 spiro atoms. The van der Waals surface area contributed by atoms with Gasteiger partial charge in [-0.05, 0) is 35.6 Å². The van der Waals surface area contributed by atoms with Gasteiger partial charge in [-0.3, -0.25) is 4.79 Å². The van der Waals surface area contributed by atoms with Gasteiger partial charge in [-0.1, -0.05) is 56.0 Å². The van der Waals surface area contributed by atoms with Crippen LogP contribution in [0.1, 0.15) is 29.3 Å². The molecule has 1 aromatic heterocycles. The van der Waals surface area contributed by atoms with Gasteiger partial charge < -0.3 is 15.8 Å². The van der Waals surface area contributed by atoms with E-state index in [0.29, 0.717) is 17.4 Å². The third-order valence-corrected chi connectivity index (χ3v) is 4.22. The Kier molecular flexibility index (Phi) is 8.69. The molecular formula is C23H27N3O2. The lowest BCUT2D eigenvalue weighted by molar-refractivity contribution is 0.1000. The zero-order valence-corrected chi connectivity index (χ0v) is 16.2. The van der Waals surface area contributed by atoms with Crippen molar-refractivity contribution >= 4 is 5.91 Å². The maximum Gasteiger partial charge on any atom is 0.250 e. The molecule has 0 fully saturated rings. The molecule has 2 aromatic rings. The van der Waals surface area contributed by atoms with Gasteiger partial charge in [0, 0.05) is 25.4 Å². The molecular weight excluding hydrogens is 350 g/mol. The van der Waals surface area contributed by atoms with Crippen LogP contribution in [0.15, 0.2) is 85.3 Å². The lowest BCUT2D eigenvalue weighted by Crippen LogP contribution is -2.21. The first-order valence-corrected chi connectivity index (χ1v) is 9.24. The van der Waals surface area contributed by atoms with Crippen LogP contribution in [0.3, 0.4) is 0 Å². The first kappa shape index (κ1) is 21.1. The van der Waals surface area contributed by atoms with Gasteiger partial charge in [0.2, 0.25) is 11.8 Å². The van der Waals surface area contributed by atoms with Crippen molar-refractivity contribution in [1.29, 1.82) is 0 Å². The summed E-state index contributed by atoms with van der Waals surface area (Å²) in [5.41, 5.74) is 7.99. The quantitative estimate of drug-likeness (QED) is 0.458. The molecule has 5 nitrogen and oxygen atoms in total. The highest BCUT2D eigenvalue weighted by molar-refractivity contribution is 5.92. The summed E-state index contributed by atoms with van der Waals surface area (Å²) in [4.78, 5) is 15.0. The number of amides is 1.